The Morgan fingerprint density at radius 2 is 2.04 bits per heavy atom. The predicted octanol–water partition coefficient (Wildman–Crippen LogP) is 3.95. The molecule has 0 unspecified atom stereocenters. The zero-order valence-electron chi connectivity index (χ0n) is 14.0. The average molecular weight is 324 g/mol. The largest absolute Gasteiger partial charge is 0.485 e. The highest BCUT2D eigenvalue weighted by atomic mass is 16.5. The Hall–Kier alpha value is -2.82. The molecule has 1 N–H and O–H groups in total. The molecule has 1 aromatic heterocycles. The smallest absolute Gasteiger partial charge is 0.335 e. The second-order valence-corrected chi connectivity index (χ2v) is 5.77. The van der Waals surface area contributed by atoms with Crippen LogP contribution < -0.4 is 4.74 Å². The quantitative estimate of drug-likeness (QED) is 0.772. The van der Waals surface area contributed by atoms with E-state index in [2.05, 4.69) is 18.0 Å². The molecule has 0 bridgehead atoms. The van der Waals surface area contributed by atoms with E-state index in [-0.39, 0.29) is 5.56 Å². The molecule has 0 aliphatic rings. The molecule has 0 fully saturated rings. The molecule has 3 rings (SSSR count). The van der Waals surface area contributed by atoms with Gasteiger partial charge in [-0.25, -0.2) is 9.78 Å². The molecule has 0 atom stereocenters. The van der Waals surface area contributed by atoms with Crippen LogP contribution in [0.15, 0.2) is 36.4 Å². The van der Waals surface area contributed by atoms with Crippen LogP contribution in [0.3, 0.4) is 0 Å². The molecule has 124 valence electrons. The number of fused-ring (bicyclic) bond motifs is 1. The standard InChI is InChI=1S/C19H20N2O3/c1-4-21-16-9-8-14(19(22)23)10-15(16)20-18(21)11-24-17-7-5-6-12(2)13(17)3/h5-10H,4,11H2,1-3H3,(H,22,23). The molecule has 0 spiro atoms. The lowest BCUT2D eigenvalue weighted by molar-refractivity contribution is 0.0697. The number of carbonyl (C=O) groups is 1. The Morgan fingerprint density at radius 3 is 2.75 bits per heavy atom. The number of carboxylic acids is 1. The first-order chi connectivity index (χ1) is 11.5. The minimum absolute atomic E-state index is 0.241. The van der Waals surface area contributed by atoms with Gasteiger partial charge in [-0.2, -0.15) is 0 Å². The summed E-state index contributed by atoms with van der Waals surface area (Å²) in [6.45, 7) is 7.21. The van der Waals surface area contributed by atoms with Gasteiger partial charge in [0.1, 0.15) is 18.2 Å². The fourth-order valence-corrected chi connectivity index (χ4v) is 2.80. The van der Waals surface area contributed by atoms with Gasteiger partial charge in [0.15, 0.2) is 0 Å². The molecule has 5 heteroatoms. The maximum atomic E-state index is 11.1. The van der Waals surface area contributed by atoms with Crippen LogP contribution in [0.1, 0.15) is 34.2 Å². The van der Waals surface area contributed by atoms with Gasteiger partial charge in [-0.1, -0.05) is 12.1 Å². The Kier molecular flexibility index (Phi) is 4.25. The van der Waals surface area contributed by atoms with E-state index < -0.39 is 5.97 Å². The van der Waals surface area contributed by atoms with Gasteiger partial charge in [0.25, 0.3) is 0 Å². The monoisotopic (exact) mass is 324 g/mol. The van der Waals surface area contributed by atoms with Crippen molar-refractivity contribution < 1.29 is 14.6 Å². The van der Waals surface area contributed by atoms with Crippen molar-refractivity contribution in [1.82, 2.24) is 9.55 Å². The molecule has 24 heavy (non-hydrogen) atoms. The normalized spacial score (nSPS) is 11.0. The summed E-state index contributed by atoms with van der Waals surface area (Å²) >= 11 is 0. The first-order valence-electron chi connectivity index (χ1n) is 7.92. The van der Waals surface area contributed by atoms with Crippen molar-refractivity contribution in [3.8, 4) is 5.75 Å². The molecule has 0 radical (unpaired) electrons. The Labute approximate surface area is 140 Å². The summed E-state index contributed by atoms with van der Waals surface area (Å²) in [6.07, 6.45) is 0. The number of aryl methyl sites for hydroxylation is 2. The molecule has 0 saturated heterocycles. The van der Waals surface area contributed by atoms with E-state index in [9.17, 15) is 4.79 Å². The van der Waals surface area contributed by atoms with Crippen molar-refractivity contribution in [3.63, 3.8) is 0 Å². The molecule has 0 amide bonds. The molecule has 5 nitrogen and oxygen atoms in total. The van der Waals surface area contributed by atoms with Gasteiger partial charge in [-0.05, 0) is 56.2 Å². The van der Waals surface area contributed by atoms with E-state index in [1.165, 1.54) is 5.56 Å². The highest BCUT2D eigenvalue weighted by Gasteiger charge is 2.13. The zero-order chi connectivity index (χ0) is 17.3. The number of ether oxygens (including phenoxy) is 1. The molecular weight excluding hydrogens is 304 g/mol. The van der Waals surface area contributed by atoms with Crippen LogP contribution in [0, 0.1) is 13.8 Å². The fourth-order valence-electron chi connectivity index (χ4n) is 2.80. The highest BCUT2D eigenvalue weighted by Crippen LogP contribution is 2.23. The molecule has 0 saturated carbocycles. The molecule has 0 aliphatic heterocycles. The highest BCUT2D eigenvalue weighted by molar-refractivity contribution is 5.92. The van der Waals surface area contributed by atoms with Crippen molar-refractivity contribution in [2.24, 2.45) is 0 Å². The number of hydrogen-bond acceptors (Lipinski definition) is 3. The first kappa shape index (κ1) is 16.1. The molecule has 1 heterocycles. The summed E-state index contributed by atoms with van der Waals surface area (Å²) in [6, 6.07) is 11.0. The first-order valence-corrected chi connectivity index (χ1v) is 7.92. The summed E-state index contributed by atoms with van der Waals surface area (Å²) in [7, 11) is 0. The van der Waals surface area contributed by atoms with Crippen LogP contribution >= 0.6 is 0 Å². The Morgan fingerprint density at radius 1 is 1.25 bits per heavy atom. The average Bonchev–Trinajstić information content (AvgIpc) is 2.92. The number of aromatic nitrogens is 2. The van der Waals surface area contributed by atoms with Crippen molar-refractivity contribution in [2.45, 2.75) is 33.9 Å². The van der Waals surface area contributed by atoms with Gasteiger partial charge in [-0.15, -0.1) is 0 Å². The maximum Gasteiger partial charge on any atom is 0.335 e. The third-order valence-electron chi connectivity index (χ3n) is 4.30. The fraction of sp³-hybridized carbons (Fsp3) is 0.263. The van der Waals surface area contributed by atoms with Crippen molar-refractivity contribution >= 4 is 17.0 Å². The van der Waals surface area contributed by atoms with Crippen LogP contribution in [0.25, 0.3) is 11.0 Å². The Bertz CT molecular complexity index is 912. The number of carboxylic acid groups (broad SMARTS) is 1. The van der Waals surface area contributed by atoms with Gasteiger partial charge in [0.05, 0.1) is 16.6 Å². The van der Waals surface area contributed by atoms with Crippen LogP contribution in [0.5, 0.6) is 5.75 Å². The SMILES string of the molecule is CCn1c(COc2cccc(C)c2C)nc2cc(C(=O)O)ccc21. The topological polar surface area (TPSA) is 64.4 Å². The molecule has 0 aliphatic carbocycles. The summed E-state index contributed by atoms with van der Waals surface area (Å²) < 4.78 is 8.00. The van der Waals surface area contributed by atoms with Crippen LogP contribution in [0.2, 0.25) is 0 Å². The lowest BCUT2D eigenvalue weighted by atomic mass is 10.1. The number of hydrogen-bond donors (Lipinski definition) is 1. The van der Waals surface area contributed by atoms with Crippen LogP contribution in [-0.2, 0) is 13.2 Å². The van der Waals surface area contributed by atoms with Crippen LogP contribution in [0.4, 0.5) is 0 Å². The van der Waals surface area contributed by atoms with Crippen molar-refractivity contribution in [2.75, 3.05) is 0 Å². The Balaban J connectivity index is 1.94. The predicted molar refractivity (Wildman–Crippen MR) is 92.6 cm³/mol. The minimum Gasteiger partial charge on any atom is -0.485 e. The number of nitrogens with zero attached hydrogens (tertiary/aromatic N) is 2. The lowest BCUT2D eigenvalue weighted by Crippen LogP contribution is -2.06. The van der Waals surface area contributed by atoms with E-state index in [0.717, 1.165) is 29.2 Å². The number of imidazole rings is 1. The van der Waals surface area contributed by atoms with Crippen molar-refractivity contribution in [3.05, 3.63) is 58.9 Å². The van der Waals surface area contributed by atoms with E-state index in [1.54, 1.807) is 18.2 Å². The van der Waals surface area contributed by atoms with Crippen molar-refractivity contribution in [1.29, 1.82) is 0 Å². The molecule has 3 aromatic rings. The molecule has 2 aromatic carbocycles. The second-order valence-electron chi connectivity index (χ2n) is 5.77. The summed E-state index contributed by atoms with van der Waals surface area (Å²) in [4.78, 5) is 15.7. The second kappa shape index (κ2) is 6.35. The van der Waals surface area contributed by atoms with E-state index >= 15 is 0 Å². The number of rotatable bonds is 5. The summed E-state index contributed by atoms with van der Waals surface area (Å²) in [5, 5.41) is 9.13. The van der Waals surface area contributed by atoms with E-state index in [1.807, 2.05) is 30.5 Å². The van der Waals surface area contributed by atoms with Gasteiger partial charge < -0.3 is 14.4 Å². The number of benzene rings is 2. The summed E-state index contributed by atoms with van der Waals surface area (Å²) in [5.74, 6) is 0.683. The number of aromatic carboxylic acids is 1. The summed E-state index contributed by atoms with van der Waals surface area (Å²) in [5.41, 5.74) is 4.14. The lowest BCUT2D eigenvalue weighted by Gasteiger charge is -2.11. The minimum atomic E-state index is -0.948. The zero-order valence-corrected chi connectivity index (χ0v) is 14.0. The van der Waals surface area contributed by atoms with Gasteiger partial charge in [0, 0.05) is 6.54 Å². The van der Waals surface area contributed by atoms with E-state index in [4.69, 9.17) is 9.84 Å². The maximum absolute atomic E-state index is 11.1. The van der Waals surface area contributed by atoms with Gasteiger partial charge >= 0.3 is 5.97 Å². The molecular formula is C19H20N2O3. The van der Waals surface area contributed by atoms with E-state index in [0.29, 0.717) is 12.1 Å². The van der Waals surface area contributed by atoms with Crippen LogP contribution in [-0.4, -0.2) is 20.6 Å². The third-order valence-corrected chi connectivity index (χ3v) is 4.30. The van der Waals surface area contributed by atoms with Gasteiger partial charge in [0.2, 0.25) is 0 Å². The third kappa shape index (κ3) is 2.85. The van der Waals surface area contributed by atoms with Gasteiger partial charge in [-0.3, -0.25) is 0 Å².